The largest absolute Gasteiger partial charge is 0.493 e. The second kappa shape index (κ2) is 13.7. The van der Waals surface area contributed by atoms with Crippen molar-refractivity contribution in [3.63, 3.8) is 0 Å². The topological polar surface area (TPSA) is 94.2 Å². The highest BCUT2D eigenvalue weighted by Crippen LogP contribution is 2.36. The number of carbonyl (C=O) groups excluding carboxylic acids is 3. The number of benzene rings is 2. The van der Waals surface area contributed by atoms with Gasteiger partial charge in [-0.25, -0.2) is 9.59 Å². The Labute approximate surface area is 220 Å². The van der Waals surface area contributed by atoms with Crippen molar-refractivity contribution in [2.75, 3.05) is 32.1 Å². The summed E-state index contributed by atoms with van der Waals surface area (Å²) >= 11 is 0. The second-order valence-corrected chi connectivity index (χ2v) is 10.0. The number of rotatable bonds is 12. The van der Waals surface area contributed by atoms with Gasteiger partial charge in [0.25, 0.3) is 0 Å². The first-order valence-corrected chi connectivity index (χ1v) is 12.7. The molecule has 0 aliphatic rings. The fourth-order valence-electron chi connectivity index (χ4n) is 3.79. The van der Waals surface area contributed by atoms with Crippen molar-refractivity contribution < 1.29 is 28.6 Å². The van der Waals surface area contributed by atoms with Crippen molar-refractivity contribution in [1.29, 1.82) is 0 Å². The van der Waals surface area contributed by atoms with E-state index in [-0.39, 0.29) is 12.2 Å². The molecule has 0 radical (unpaired) electrons. The van der Waals surface area contributed by atoms with Gasteiger partial charge in [0.1, 0.15) is 22.7 Å². The van der Waals surface area contributed by atoms with Crippen LogP contribution in [0.2, 0.25) is 0 Å². The smallest absolute Gasteiger partial charge is 0.407 e. The molecule has 8 nitrogen and oxygen atoms in total. The number of anilines is 1. The van der Waals surface area contributed by atoms with Crippen LogP contribution in [0.5, 0.6) is 11.5 Å². The number of amides is 1. The minimum absolute atomic E-state index is 0.110. The van der Waals surface area contributed by atoms with Crippen molar-refractivity contribution in [2.24, 2.45) is 0 Å². The van der Waals surface area contributed by atoms with Crippen LogP contribution < -0.4 is 19.7 Å². The van der Waals surface area contributed by atoms with Crippen LogP contribution in [0.15, 0.2) is 36.4 Å². The Morgan fingerprint density at radius 2 is 1.70 bits per heavy atom. The maximum atomic E-state index is 13.3. The van der Waals surface area contributed by atoms with Gasteiger partial charge in [0, 0.05) is 32.6 Å². The fraction of sp³-hybridized carbons (Fsp3) is 0.483. The van der Waals surface area contributed by atoms with E-state index in [1.54, 1.807) is 58.0 Å². The summed E-state index contributed by atoms with van der Waals surface area (Å²) in [6.07, 6.45) is 1.86. The summed E-state index contributed by atoms with van der Waals surface area (Å²) in [6.45, 7) is 9.94. The SMILES string of the molecule is CCCCOc1cc(C(=O)CCCNC(=O)OC(C)(C)C)c(N(C)C)c(C)c1C(=O)Oc1ccccc1. The first-order chi connectivity index (χ1) is 17.4. The third-order valence-corrected chi connectivity index (χ3v) is 5.42. The lowest BCUT2D eigenvalue weighted by molar-refractivity contribution is 0.0525. The Hall–Kier alpha value is -3.55. The van der Waals surface area contributed by atoms with Crippen LogP contribution in [-0.2, 0) is 4.74 Å². The molecule has 0 aliphatic heterocycles. The zero-order chi connectivity index (χ0) is 27.6. The number of Topliss-reactive ketones (excluding diaryl/α,β-unsaturated/α-hetero) is 1. The van der Waals surface area contributed by atoms with E-state index in [0.29, 0.717) is 53.4 Å². The average molecular weight is 513 g/mol. The molecule has 0 saturated carbocycles. The normalized spacial score (nSPS) is 11.0. The Balaban J connectivity index is 2.31. The van der Waals surface area contributed by atoms with Gasteiger partial charge in [-0.05, 0) is 64.3 Å². The standard InChI is InChI=1S/C29H40N2O6/c1-8-9-18-35-24-19-22(23(32)16-13-17-30-28(34)37-29(3,4)5)26(31(6)7)20(2)25(24)27(33)36-21-14-11-10-12-15-21/h10-12,14-15,19H,8-9,13,16-18H2,1-7H3,(H,30,34). The summed E-state index contributed by atoms with van der Waals surface area (Å²) < 4.78 is 16.9. The number of para-hydroxylation sites is 1. The lowest BCUT2D eigenvalue weighted by Crippen LogP contribution is -2.33. The molecule has 0 bridgehead atoms. The number of ketones is 1. The summed E-state index contributed by atoms with van der Waals surface area (Å²) in [6, 6.07) is 10.5. The fourth-order valence-corrected chi connectivity index (χ4v) is 3.79. The van der Waals surface area contributed by atoms with Crippen molar-refractivity contribution in [3.05, 3.63) is 53.1 Å². The molecule has 0 aromatic heterocycles. The first kappa shape index (κ1) is 29.7. The van der Waals surface area contributed by atoms with Crippen LogP contribution in [0, 0.1) is 6.92 Å². The Morgan fingerprint density at radius 3 is 2.30 bits per heavy atom. The molecule has 0 fully saturated rings. The average Bonchev–Trinajstić information content (AvgIpc) is 2.80. The molecule has 1 N–H and O–H groups in total. The molecular weight excluding hydrogens is 472 g/mol. The molecule has 0 aliphatic carbocycles. The van der Waals surface area contributed by atoms with Crippen molar-refractivity contribution >= 4 is 23.5 Å². The maximum Gasteiger partial charge on any atom is 0.407 e. The predicted octanol–water partition coefficient (Wildman–Crippen LogP) is 5.95. The number of esters is 1. The zero-order valence-corrected chi connectivity index (χ0v) is 23.1. The minimum atomic E-state index is -0.588. The summed E-state index contributed by atoms with van der Waals surface area (Å²) in [5.41, 5.74) is 1.41. The van der Waals surface area contributed by atoms with E-state index < -0.39 is 17.7 Å². The van der Waals surface area contributed by atoms with Gasteiger partial charge in [0.15, 0.2) is 5.78 Å². The van der Waals surface area contributed by atoms with Crippen LogP contribution in [0.1, 0.15) is 79.7 Å². The lowest BCUT2D eigenvalue weighted by atomic mass is 9.95. The summed E-state index contributed by atoms with van der Waals surface area (Å²) in [7, 11) is 3.65. The van der Waals surface area contributed by atoms with Crippen LogP contribution in [-0.4, -0.2) is 50.7 Å². The highest BCUT2D eigenvalue weighted by atomic mass is 16.6. The van der Waals surface area contributed by atoms with E-state index in [9.17, 15) is 14.4 Å². The molecule has 2 aromatic carbocycles. The lowest BCUT2D eigenvalue weighted by Gasteiger charge is -2.24. The van der Waals surface area contributed by atoms with Gasteiger partial charge in [0.2, 0.25) is 0 Å². The highest BCUT2D eigenvalue weighted by Gasteiger charge is 2.27. The first-order valence-electron chi connectivity index (χ1n) is 12.7. The predicted molar refractivity (Wildman–Crippen MR) is 145 cm³/mol. The summed E-state index contributed by atoms with van der Waals surface area (Å²) in [5, 5.41) is 2.68. The molecule has 0 heterocycles. The second-order valence-electron chi connectivity index (χ2n) is 10.0. The monoisotopic (exact) mass is 512 g/mol. The number of nitrogens with zero attached hydrogens (tertiary/aromatic N) is 1. The number of carbonyl (C=O) groups is 3. The molecule has 0 unspecified atom stereocenters. The van der Waals surface area contributed by atoms with Gasteiger partial charge in [-0.3, -0.25) is 4.79 Å². The van der Waals surface area contributed by atoms with E-state index in [4.69, 9.17) is 14.2 Å². The summed E-state index contributed by atoms with van der Waals surface area (Å²) in [5.74, 6) is 0.100. The van der Waals surface area contributed by atoms with Crippen LogP contribution in [0.25, 0.3) is 0 Å². The summed E-state index contributed by atoms with van der Waals surface area (Å²) in [4.78, 5) is 40.3. The van der Waals surface area contributed by atoms with Gasteiger partial charge >= 0.3 is 12.1 Å². The number of hydrogen-bond acceptors (Lipinski definition) is 7. The van der Waals surface area contributed by atoms with Gasteiger partial charge in [-0.2, -0.15) is 0 Å². The molecule has 0 spiro atoms. The number of unbranched alkanes of at least 4 members (excludes halogenated alkanes) is 1. The van der Waals surface area contributed by atoms with E-state index in [1.807, 2.05) is 25.1 Å². The molecule has 0 atom stereocenters. The third kappa shape index (κ3) is 9.12. The van der Waals surface area contributed by atoms with Gasteiger partial charge in [-0.15, -0.1) is 0 Å². The van der Waals surface area contributed by atoms with Gasteiger partial charge < -0.3 is 24.4 Å². The van der Waals surface area contributed by atoms with Crippen molar-refractivity contribution in [1.82, 2.24) is 5.32 Å². The van der Waals surface area contributed by atoms with E-state index >= 15 is 0 Å². The van der Waals surface area contributed by atoms with Crippen molar-refractivity contribution in [2.45, 2.75) is 65.9 Å². The molecule has 8 heteroatoms. The van der Waals surface area contributed by atoms with Crippen molar-refractivity contribution in [3.8, 4) is 11.5 Å². The van der Waals surface area contributed by atoms with E-state index in [1.165, 1.54) is 0 Å². The molecule has 0 saturated heterocycles. The van der Waals surface area contributed by atoms with E-state index in [0.717, 1.165) is 12.8 Å². The molecular formula is C29H40N2O6. The molecule has 2 rings (SSSR count). The quantitative estimate of drug-likeness (QED) is 0.163. The van der Waals surface area contributed by atoms with E-state index in [2.05, 4.69) is 12.2 Å². The van der Waals surface area contributed by atoms with Gasteiger partial charge in [-0.1, -0.05) is 31.5 Å². The number of ether oxygens (including phenoxy) is 3. The van der Waals surface area contributed by atoms with Crippen LogP contribution in [0.4, 0.5) is 10.5 Å². The zero-order valence-electron chi connectivity index (χ0n) is 23.1. The third-order valence-electron chi connectivity index (χ3n) is 5.42. The number of hydrogen-bond donors (Lipinski definition) is 1. The van der Waals surface area contributed by atoms with Crippen LogP contribution >= 0.6 is 0 Å². The molecule has 37 heavy (non-hydrogen) atoms. The Morgan fingerprint density at radius 1 is 1.03 bits per heavy atom. The molecule has 2 aromatic rings. The highest BCUT2D eigenvalue weighted by molar-refractivity contribution is 6.06. The van der Waals surface area contributed by atoms with Gasteiger partial charge in [0.05, 0.1) is 12.3 Å². The Kier molecular flexibility index (Phi) is 11.0. The number of nitrogens with one attached hydrogen (secondary N) is 1. The number of alkyl carbamates (subject to hydrolysis) is 1. The molecule has 202 valence electrons. The van der Waals surface area contributed by atoms with Crippen LogP contribution in [0.3, 0.4) is 0 Å². The maximum absolute atomic E-state index is 13.3. The Bertz CT molecular complexity index is 1070. The molecule has 1 amide bonds. The minimum Gasteiger partial charge on any atom is -0.493 e.